The third-order valence-electron chi connectivity index (χ3n) is 11.0. The molecule has 0 saturated carbocycles. The van der Waals surface area contributed by atoms with Gasteiger partial charge in [0.05, 0.1) is 12.1 Å². The minimum atomic E-state index is -0.907. The lowest BCUT2D eigenvalue weighted by atomic mass is 10.0. The molecule has 0 aromatic carbocycles. The molecule has 2 amide bonds. The van der Waals surface area contributed by atoms with E-state index in [1.165, 1.54) is 0 Å². The van der Waals surface area contributed by atoms with Gasteiger partial charge in [0.2, 0.25) is 11.8 Å². The Morgan fingerprint density at radius 1 is 0.586 bits per heavy atom. The van der Waals surface area contributed by atoms with E-state index >= 15 is 0 Å². The number of aromatic nitrogens is 4. The summed E-state index contributed by atoms with van der Waals surface area (Å²) in [5, 5.41) is 27.8. The molecule has 4 aromatic rings. The van der Waals surface area contributed by atoms with E-state index in [2.05, 4.69) is 64.3 Å². The summed E-state index contributed by atoms with van der Waals surface area (Å²) >= 11 is 3.18. The van der Waals surface area contributed by atoms with Crippen molar-refractivity contribution in [2.24, 2.45) is 11.5 Å². The first-order chi connectivity index (χ1) is 27.4. The smallest absolute Gasteiger partial charge is 0.303 e. The van der Waals surface area contributed by atoms with E-state index < -0.39 is 24.0 Å². The van der Waals surface area contributed by atoms with Crippen LogP contribution in [-0.2, 0) is 32.0 Å². The van der Waals surface area contributed by atoms with Gasteiger partial charge in [0, 0.05) is 93.1 Å². The van der Waals surface area contributed by atoms with Crippen LogP contribution in [0.5, 0.6) is 0 Å². The SMILES string of the molecule is CNC(=O)[C@H](N)CS[C@H](C)c1c2[nH]c(c1C)C=c1[nH]c(c(C)c1[C@@H](C)SC[C@@H](N)C(=O)NC)=Cc1[nH]c(c(CCC(=O)O)c1C)C=c1[nH]c(c(C)c1CCC(=O)O)=C2. The van der Waals surface area contributed by atoms with Gasteiger partial charge >= 0.3 is 11.9 Å². The molecular formula is C42H56N8O6S2. The van der Waals surface area contributed by atoms with E-state index in [-0.39, 0.29) is 41.6 Å². The Balaban J connectivity index is 1.84. The fourth-order valence-corrected chi connectivity index (χ4v) is 9.87. The van der Waals surface area contributed by atoms with Crippen LogP contribution in [0, 0.1) is 27.7 Å². The second kappa shape index (κ2) is 18.8. The van der Waals surface area contributed by atoms with Crippen LogP contribution >= 0.6 is 23.5 Å². The predicted octanol–water partition coefficient (Wildman–Crippen LogP) is 1.63. The highest BCUT2D eigenvalue weighted by molar-refractivity contribution is 7.99. The number of thioether (sulfide) groups is 2. The van der Waals surface area contributed by atoms with Gasteiger partial charge in [0.25, 0.3) is 0 Å². The summed E-state index contributed by atoms with van der Waals surface area (Å²) in [6, 6.07) is -1.36. The second-order valence-electron chi connectivity index (χ2n) is 14.9. The second-order valence-corrected chi connectivity index (χ2v) is 17.6. The lowest BCUT2D eigenvalue weighted by molar-refractivity contribution is -0.138. The van der Waals surface area contributed by atoms with Crippen molar-refractivity contribution in [1.82, 2.24) is 30.6 Å². The van der Waals surface area contributed by atoms with Crippen LogP contribution in [0.25, 0.3) is 24.3 Å². The molecule has 58 heavy (non-hydrogen) atoms. The number of amides is 2. The number of aliphatic carboxylic acids is 2. The van der Waals surface area contributed by atoms with Crippen molar-refractivity contribution in [2.45, 2.75) is 89.8 Å². The molecule has 0 radical (unpaired) electrons. The van der Waals surface area contributed by atoms with Gasteiger partial charge in [-0.3, -0.25) is 19.2 Å². The molecule has 1 aliphatic rings. The average molecular weight is 833 g/mol. The van der Waals surface area contributed by atoms with Gasteiger partial charge in [-0.05, 0) is 123 Å². The molecule has 4 atom stereocenters. The van der Waals surface area contributed by atoms with Crippen LogP contribution in [0.3, 0.4) is 0 Å². The van der Waals surface area contributed by atoms with Crippen LogP contribution in [0.15, 0.2) is 0 Å². The Morgan fingerprint density at radius 3 is 1.60 bits per heavy atom. The summed E-state index contributed by atoms with van der Waals surface area (Å²) in [6.07, 6.45) is 8.61. The summed E-state index contributed by atoms with van der Waals surface area (Å²) in [6.45, 7) is 12.3. The van der Waals surface area contributed by atoms with Crippen molar-refractivity contribution in [1.29, 1.82) is 0 Å². The van der Waals surface area contributed by atoms with E-state index in [4.69, 9.17) is 11.5 Å². The summed E-state index contributed by atoms with van der Waals surface area (Å²) in [5.74, 6) is -1.46. The van der Waals surface area contributed by atoms with Gasteiger partial charge in [-0.1, -0.05) is 0 Å². The zero-order valence-corrected chi connectivity index (χ0v) is 36.0. The third kappa shape index (κ3) is 9.68. The van der Waals surface area contributed by atoms with Gasteiger partial charge in [0.1, 0.15) is 0 Å². The molecule has 16 heteroatoms. The number of fused-ring (bicyclic) bond motifs is 8. The maximum atomic E-state index is 12.3. The first kappa shape index (κ1) is 44.2. The Bertz CT molecular complexity index is 2470. The molecule has 12 N–H and O–H groups in total. The van der Waals surface area contributed by atoms with Gasteiger partial charge in [0.15, 0.2) is 0 Å². The first-order valence-corrected chi connectivity index (χ1v) is 21.4. The van der Waals surface area contributed by atoms with Crippen molar-refractivity contribution in [2.75, 3.05) is 25.6 Å². The van der Waals surface area contributed by atoms with Crippen LogP contribution < -0.4 is 43.5 Å². The molecule has 0 unspecified atom stereocenters. The molecule has 0 aliphatic carbocycles. The lowest BCUT2D eigenvalue weighted by Crippen LogP contribution is -2.40. The molecule has 8 bridgehead atoms. The van der Waals surface area contributed by atoms with Crippen LogP contribution in [0.2, 0.25) is 0 Å². The van der Waals surface area contributed by atoms with E-state index in [9.17, 15) is 29.4 Å². The number of carbonyl (C=O) groups is 4. The van der Waals surface area contributed by atoms with Crippen molar-refractivity contribution in [3.05, 3.63) is 88.7 Å². The highest BCUT2D eigenvalue weighted by atomic mass is 32.2. The number of likely N-dealkylation sites (N-methyl/N-ethyl adjacent to an activating group) is 2. The molecule has 0 saturated heterocycles. The maximum absolute atomic E-state index is 12.3. The normalized spacial score (nSPS) is 14.2. The molecule has 14 nitrogen and oxygen atoms in total. The Labute approximate surface area is 345 Å². The fourth-order valence-electron chi connectivity index (χ4n) is 7.63. The summed E-state index contributed by atoms with van der Waals surface area (Å²) in [5.41, 5.74) is 23.4. The molecule has 0 spiro atoms. The molecule has 4 aromatic heterocycles. The summed E-state index contributed by atoms with van der Waals surface area (Å²) < 4.78 is 0. The van der Waals surface area contributed by atoms with E-state index in [1.54, 1.807) is 37.6 Å². The minimum Gasteiger partial charge on any atom is -0.481 e. The average Bonchev–Trinajstić information content (AvgIpc) is 3.85. The number of carboxylic acid groups (broad SMARTS) is 2. The number of aromatic amines is 4. The number of hydrogen-bond acceptors (Lipinski definition) is 8. The first-order valence-electron chi connectivity index (χ1n) is 19.3. The Morgan fingerprint density at radius 2 is 1.03 bits per heavy atom. The molecule has 312 valence electrons. The van der Waals surface area contributed by atoms with Crippen molar-refractivity contribution < 1.29 is 29.4 Å². The minimum absolute atomic E-state index is 0.0625. The highest BCUT2D eigenvalue weighted by Gasteiger charge is 2.24. The number of carbonyl (C=O) groups excluding carboxylic acids is 2. The number of H-pyrrole nitrogens is 4. The number of carboxylic acids is 2. The molecular weight excluding hydrogens is 777 g/mol. The zero-order valence-electron chi connectivity index (χ0n) is 34.4. The number of hydrogen-bond donors (Lipinski definition) is 10. The molecule has 1 aliphatic heterocycles. The molecule has 5 heterocycles. The monoisotopic (exact) mass is 832 g/mol. The Kier molecular flexibility index (Phi) is 14.3. The lowest BCUT2D eigenvalue weighted by Gasteiger charge is -2.16. The predicted molar refractivity (Wildman–Crippen MR) is 233 cm³/mol. The zero-order chi connectivity index (χ0) is 42.6. The fraction of sp³-hybridized carbons (Fsp3) is 0.429. The summed E-state index contributed by atoms with van der Waals surface area (Å²) in [4.78, 5) is 62.8. The topological polar surface area (TPSA) is 248 Å². The standard InChI is InChI=1S/C42H56N8O6S2/c1-19-25(9-11-37(51)52)33-16-34-26(10-12-38(53)54)20(2)30(48-34)14-35-40(24(6)58-18-28(44)42(56)46-8)22(4)32(50-35)15-36-39(21(3)31(49-36)13-29(19)47-33)23(5)57-17-27(43)41(55)45-7/h13-16,23-24,27-28,47-50H,9-12,17-18,43-44H2,1-8H3,(H,45,55)(H,46,56)(H,51,52)(H,53,54)/t23-,24-,27-,28-/m1/s1. The quantitative estimate of drug-likeness (QED) is 0.0689. The van der Waals surface area contributed by atoms with Crippen LogP contribution in [0.4, 0.5) is 0 Å². The van der Waals surface area contributed by atoms with Crippen molar-refractivity contribution in [3.8, 4) is 0 Å². The van der Waals surface area contributed by atoms with Gasteiger partial charge in [-0.25, -0.2) is 0 Å². The van der Waals surface area contributed by atoms with E-state index in [0.29, 0.717) is 17.9 Å². The summed E-state index contributed by atoms with van der Waals surface area (Å²) in [7, 11) is 3.14. The van der Waals surface area contributed by atoms with E-state index in [1.807, 2.05) is 32.1 Å². The van der Waals surface area contributed by atoms with Crippen LogP contribution in [-0.4, -0.2) is 91.6 Å². The Hall–Kier alpha value is -4.90. The molecule has 5 rings (SSSR count). The highest BCUT2D eigenvalue weighted by Crippen LogP contribution is 2.36. The number of nitrogens with one attached hydrogen (secondary N) is 6. The van der Waals surface area contributed by atoms with E-state index in [0.717, 1.165) is 88.7 Å². The van der Waals surface area contributed by atoms with Gasteiger partial charge in [-0.15, -0.1) is 0 Å². The number of nitrogens with two attached hydrogens (primary N) is 2. The number of rotatable bonds is 16. The van der Waals surface area contributed by atoms with Gasteiger partial charge < -0.3 is 52.2 Å². The molecule has 0 fully saturated rings. The van der Waals surface area contributed by atoms with Crippen molar-refractivity contribution in [3.63, 3.8) is 0 Å². The van der Waals surface area contributed by atoms with Crippen molar-refractivity contribution >= 4 is 71.6 Å². The van der Waals surface area contributed by atoms with Gasteiger partial charge in [-0.2, -0.15) is 23.5 Å². The third-order valence-corrected chi connectivity index (χ3v) is 13.6. The maximum Gasteiger partial charge on any atom is 0.303 e. The largest absolute Gasteiger partial charge is 0.481 e. The van der Waals surface area contributed by atoms with Crippen LogP contribution in [0.1, 0.15) is 104 Å².